The van der Waals surface area contributed by atoms with Gasteiger partial charge in [-0.1, -0.05) is 26.0 Å². The van der Waals surface area contributed by atoms with Crippen LogP contribution in [-0.4, -0.2) is 49.3 Å². The number of hydrogen-bond donors (Lipinski definition) is 2. The van der Waals surface area contributed by atoms with Crippen LogP contribution in [0, 0.1) is 0 Å². The van der Waals surface area contributed by atoms with Crippen LogP contribution >= 0.6 is 0 Å². The van der Waals surface area contributed by atoms with Crippen LogP contribution in [0.1, 0.15) is 65.7 Å². The highest BCUT2D eigenvalue weighted by atomic mass is 16.2. The predicted molar refractivity (Wildman–Crippen MR) is 141 cm³/mol. The summed E-state index contributed by atoms with van der Waals surface area (Å²) in [4.78, 5) is 40.1. The number of nitrogens with zero attached hydrogens (tertiary/aromatic N) is 5. The second-order valence-electron chi connectivity index (χ2n) is 9.70. The van der Waals surface area contributed by atoms with Crippen molar-refractivity contribution in [2.24, 2.45) is 0 Å². The van der Waals surface area contributed by atoms with E-state index >= 15 is 0 Å². The van der Waals surface area contributed by atoms with Crippen molar-refractivity contribution in [3.63, 3.8) is 0 Å². The standard InChI is InChI=1S/C28H31N7O2/c1-19(2)26-24(17-29-18-32-26)27(36)35-12-8-22(9-13-35)21-3-5-23(6-4-21)33-28(37)31-16-20-7-11-34-14-10-30-25(34)15-20/h3-7,10-11,14-15,17-19,22H,8-9,12-13,16H2,1-2H3,(H2,31,33,37). The largest absolute Gasteiger partial charge is 0.338 e. The lowest BCUT2D eigenvalue weighted by Crippen LogP contribution is -2.38. The van der Waals surface area contributed by atoms with E-state index in [1.807, 2.05) is 59.8 Å². The van der Waals surface area contributed by atoms with Crippen LogP contribution < -0.4 is 10.6 Å². The number of piperidine rings is 1. The Morgan fingerprint density at radius 1 is 1.05 bits per heavy atom. The molecule has 9 nitrogen and oxygen atoms in total. The molecule has 2 N–H and O–H groups in total. The number of likely N-dealkylation sites (tertiary alicyclic amines) is 1. The summed E-state index contributed by atoms with van der Waals surface area (Å²) in [6.45, 7) is 5.88. The van der Waals surface area contributed by atoms with Crippen LogP contribution in [0.25, 0.3) is 5.65 Å². The van der Waals surface area contributed by atoms with Crippen LogP contribution in [-0.2, 0) is 6.54 Å². The minimum absolute atomic E-state index is 0.0121. The van der Waals surface area contributed by atoms with Gasteiger partial charge in [0.05, 0.1) is 11.3 Å². The second kappa shape index (κ2) is 10.8. The number of carbonyl (C=O) groups excluding carboxylic acids is 2. The highest BCUT2D eigenvalue weighted by molar-refractivity contribution is 5.95. The summed E-state index contributed by atoms with van der Waals surface area (Å²) in [5, 5.41) is 5.78. The fourth-order valence-electron chi connectivity index (χ4n) is 4.81. The summed E-state index contributed by atoms with van der Waals surface area (Å²) in [6, 6.07) is 11.6. The normalized spacial score (nSPS) is 14.2. The fraction of sp³-hybridized carbons (Fsp3) is 0.321. The zero-order valence-corrected chi connectivity index (χ0v) is 21.1. The number of nitrogens with one attached hydrogen (secondary N) is 2. The van der Waals surface area contributed by atoms with E-state index in [9.17, 15) is 9.59 Å². The van der Waals surface area contributed by atoms with Crippen LogP contribution in [0.5, 0.6) is 0 Å². The van der Waals surface area contributed by atoms with Crippen molar-refractivity contribution in [2.45, 2.75) is 45.1 Å². The molecule has 1 saturated heterocycles. The van der Waals surface area contributed by atoms with Gasteiger partial charge in [-0.05, 0) is 60.1 Å². The summed E-state index contributed by atoms with van der Waals surface area (Å²) in [5.74, 6) is 0.555. The van der Waals surface area contributed by atoms with E-state index in [1.165, 1.54) is 11.9 Å². The summed E-state index contributed by atoms with van der Waals surface area (Å²) < 4.78 is 1.92. The number of pyridine rings is 1. The zero-order valence-electron chi connectivity index (χ0n) is 21.1. The Kier molecular flexibility index (Phi) is 7.11. The van der Waals surface area contributed by atoms with Gasteiger partial charge in [0.1, 0.15) is 12.0 Å². The Labute approximate surface area is 216 Å². The number of anilines is 1. The van der Waals surface area contributed by atoms with E-state index in [2.05, 4.69) is 37.7 Å². The third-order valence-electron chi connectivity index (χ3n) is 6.86. The molecule has 9 heteroatoms. The van der Waals surface area contributed by atoms with E-state index in [4.69, 9.17) is 0 Å². The third-order valence-corrected chi connectivity index (χ3v) is 6.86. The molecule has 3 aromatic heterocycles. The fourth-order valence-corrected chi connectivity index (χ4v) is 4.81. The Morgan fingerprint density at radius 2 is 1.84 bits per heavy atom. The van der Waals surface area contributed by atoms with Gasteiger partial charge in [-0.15, -0.1) is 0 Å². The summed E-state index contributed by atoms with van der Waals surface area (Å²) >= 11 is 0. The average Bonchev–Trinajstić information content (AvgIpc) is 3.40. The topological polar surface area (TPSA) is 105 Å². The first-order valence-electron chi connectivity index (χ1n) is 12.6. The first-order valence-corrected chi connectivity index (χ1v) is 12.6. The van der Waals surface area contributed by atoms with E-state index in [0.717, 1.165) is 35.4 Å². The summed E-state index contributed by atoms with van der Waals surface area (Å²) in [7, 11) is 0. The van der Waals surface area contributed by atoms with Crippen molar-refractivity contribution >= 4 is 23.3 Å². The molecule has 4 heterocycles. The van der Waals surface area contributed by atoms with E-state index in [1.54, 1.807) is 12.4 Å². The van der Waals surface area contributed by atoms with Crippen molar-refractivity contribution in [2.75, 3.05) is 18.4 Å². The van der Waals surface area contributed by atoms with Crippen molar-refractivity contribution in [3.05, 3.63) is 89.9 Å². The summed E-state index contributed by atoms with van der Waals surface area (Å²) in [5.41, 5.74) is 5.19. The Balaban J connectivity index is 1.12. The second-order valence-corrected chi connectivity index (χ2v) is 9.70. The molecule has 1 aliphatic heterocycles. The van der Waals surface area contributed by atoms with Crippen molar-refractivity contribution in [3.8, 4) is 0 Å². The van der Waals surface area contributed by atoms with Crippen LogP contribution in [0.4, 0.5) is 10.5 Å². The van der Waals surface area contributed by atoms with E-state index in [0.29, 0.717) is 31.1 Å². The Bertz CT molecular complexity index is 1390. The molecule has 1 aromatic carbocycles. The molecule has 1 fully saturated rings. The third kappa shape index (κ3) is 5.61. The van der Waals surface area contributed by atoms with Gasteiger partial charge in [0.15, 0.2) is 0 Å². The number of hydrogen-bond acceptors (Lipinski definition) is 5. The smallest absolute Gasteiger partial charge is 0.319 e. The number of fused-ring (bicyclic) bond motifs is 1. The number of imidazole rings is 1. The quantitative estimate of drug-likeness (QED) is 0.405. The van der Waals surface area contributed by atoms with Gasteiger partial charge >= 0.3 is 6.03 Å². The first kappa shape index (κ1) is 24.4. The molecule has 0 radical (unpaired) electrons. The summed E-state index contributed by atoms with van der Waals surface area (Å²) in [6.07, 6.45) is 10.5. The Morgan fingerprint density at radius 3 is 2.59 bits per heavy atom. The number of amides is 3. The molecule has 0 saturated carbocycles. The molecule has 37 heavy (non-hydrogen) atoms. The highest BCUT2D eigenvalue weighted by Crippen LogP contribution is 2.30. The van der Waals surface area contributed by atoms with Gasteiger partial charge in [-0.3, -0.25) is 4.79 Å². The SMILES string of the molecule is CC(C)c1ncncc1C(=O)N1CCC(c2ccc(NC(=O)NCc3ccn4ccnc4c3)cc2)CC1. The minimum atomic E-state index is -0.256. The number of urea groups is 1. The molecule has 0 atom stereocenters. The number of carbonyl (C=O) groups is 2. The molecular weight excluding hydrogens is 466 g/mol. The molecule has 190 valence electrons. The molecule has 4 aromatic rings. The van der Waals surface area contributed by atoms with Crippen molar-refractivity contribution < 1.29 is 9.59 Å². The monoisotopic (exact) mass is 497 g/mol. The van der Waals surface area contributed by atoms with E-state index in [-0.39, 0.29) is 17.9 Å². The lowest BCUT2D eigenvalue weighted by molar-refractivity contribution is 0.0710. The van der Waals surface area contributed by atoms with Crippen molar-refractivity contribution in [1.29, 1.82) is 0 Å². The van der Waals surface area contributed by atoms with Gasteiger partial charge in [0, 0.05) is 50.1 Å². The van der Waals surface area contributed by atoms with Crippen LogP contribution in [0.3, 0.4) is 0 Å². The molecular formula is C28H31N7O2. The molecule has 0 aliphatic carbocycles. The molecule has 1 aliphatic rings. The van der Waals surface area contributed by atoms with Crippen LogP contribution in [0.15, 0.2) is 67.5 Å². The predicted octanol–water partition coefficient (Wildman–Crippen LogP) is 4.59. The van der Waals surface area contributed by atoms with Crippen LogP contribution in [0.2, 0.25) is 0 Å². The molecule has 0 bridgehead atoms. The zero-order chi connectivity index (χ0) is 25.8. The Hall–Kier alpha value is -4.27. The first-order chi connectivity index (χ1) is 18.0. The van der Waals surface area contributed by atoms with Crippen molar-refractivity contribution in [1.82, 2.24) is 29.6 Å². The minimum Gasteiger partial charge on any atom is -0.338 e. The maximum Gasteiger partial charge on any atom is 0.319 e. The lowest BCUT2D eigenvalue weighted by atomic mass is 9.89. The molecule has 5 rings (SSSR count). The highest BCUT2D eigenvalue weighted by Gasteiger charge is 2.27. The molecule has 0 unspecified atom stereocenters. The number of rotatable bonds is 6. The number of benzene rings is 1. The van der Waals surface area contributed by atoms with Gasteiger partial charge in [-0.25, -0.2) is 19.7 Å². The van der Waals surface area contributed by atoms with E-state index < -0.39 is 0 Å². The van der Waals surface area contributed by atoms with Gasteiger partial charge in [0.2, 0.25) is 0 Å². The lowest BCUT2D eigenvalue weighted by Gasteiger charge is -2.32. The van der Waals surface area contributed by atoms with Gasteiger partial charge < -0.3 is 19.9 Å². The molecule has 0 spiro atoms. The maximum atomic E-state index is 13.1. The average molecular weight is 498 g/mol. The molecule has 3 amide bonds. The maximum absolute atomic E-state index is 13.1. The number of aromatic nitrogens is 4. The van der Waals surface area contributed by atoms with Gasteiger partial charge in [-0.2, -0.15) is 0 Å². The van der Waals surface area contributed by atoms with Gasteiger partial charge in [0.25, 0.3) is 5.91 Å².